The predicted octanol–water partition coefficient (Wildman–Crippen LogP) is 3.15. The summed E-state index contributed by atoms with van der Waals surface area (Å²) in [5.41, 5.74) is 0.504. The van der Waals surface area contributed by atoms with E-state index in [-0.39, 0.29) is 12.2 Å². The van der Waals surface area contributed by atoms with E-state index in [1.165, 1.54) is 7.11 Å². The number of rotatable bonds is 5. The molecule has 6 nitrogen and oxygen atoms in total. The Bertz CT molecular complexity index is 637. The van der Waals surface area contributed by atoms with Gasteiger partial charge in [-0.25, -0.2) is 13.2 Å². The molecule has 0 aliphatic heterocycles. The molecule has 0 fully saturated rings. The van der Waals surface area contributed by atoms with Crippen molar-refractivity contribution in [2.24, 2.45) is 0 Å². The molecule has 1 rings (SSSR count). The number of hydrogen-bond acceptors (Lipinski definition) is 5. The fraction of sp³-hybridized carbons (Fsp3) is 0.500. The van der Waals surface area contributed by atoms with Gasteiger partial charge in [-0.15, -0.1) is 0 Å². The van der Waals surface area contributed by atoms with Crippen LogP contribution in [0, 0.1) is 0 Å². The molecule has 0 saturated heterocycles. The van der Waals surface area contributed by atoms with Crippen LogP contribution in [0.15, 0.2) is 18.2 Å². The highest BCUT2D eigenvalue weighted by Crippen LogP contribution is 2.24. The zero-order valence-electron chi connectivity index (χ0n) is 13.0. The van der Waals surface area contributed by atoms with E-state index < -0.39 is 20.7 Å². The molecule has 0 aromatic heterocycles. The van der Waals surface area contributed by atoms with Gasteiger partial charge in [0.1, 0.15) is 11.4 Å². The van der Waals surface area contributed by atoms with Crippen LogP contribution in [0.4, 0.5) is 10.5 Å². The van der Waals surface area contributed by atoms with Crippen molar-refractivity contribution in [3.63, 3.8) is 0 Å². The summed E-state index contributed by atoms with van der Waals surface area (Å²) in [6, 6.07) is 4.91. The molecule has 0 spiro atoms. The van der Waals surface area contributed by atoms with Crippen LogP contribution in [0.25, 0.3) is 0 Å². The Morgan fingerprint density at radius 3 is 2.45 bits per heavy atom. The quantitative estimate of drug-likeness (QED) is 0.826. The SMILES string of the molecule is COc1ccc(NC(=O)OC(C)(C)C)cc1CCS(=O)(=O)Cl. The van der Waals surface area contributed by atoms with Crippen LogP contribution in [0.1, 0.15) is 26.3 Å². The number of benzene rings is 1. The molecule has 1 aromatic carbocycles. The topological polar surface area (TPSA) is 81.7 Å². The summed E-state index contributed by atoms with van der Waals surface area (Å²) in [6.45, 7) is 5.28. The lowest BCUT2D eigenvalue weighted by molar-refractivity contribution is 0.0636. The molecule has 0 bridgehead atoms. The number of nitrogens with one attached hydrogen (secondary N) is 1. The summed E-state index contributed by atoms with van der Waals surface area (Å²) in [6.07, 6.45) is -0.410. The van der Waals surface area contributed by atoms with E-state index in [1.807, 2.05) is 0 Å². The number of hydrogen-bond donors (Lipinski definition) is 1. The average Bonchev–Trinajstić information content (AvgIpc) is 2.33. The zero-order chi connectivity index (χ0) is 17.0. The van der Waals surface area contributed by atoms with Crippen LogP contribution in [0.3, 0.4) is 0 Å². The summed E-state index contributed by atoms with van der Waals surface area (Å²) in [4.78, 5) is 11.7. The van der Waals surface area contributed by atoms with Gasteiger partial charge in [-0.2, -0.15) is 0 Å². The lowest BCUT2D eigenvalue weighted by Crippen LogP contribution is -2.27. The molecule has 0 unspecified atom stereocenters. The first-order valence-corrected chi connectivity index (χ1v) is 9.07. The molecule has 8 heteroatoms. The van der Waals surface area contributed by atoms with Crippen LogP contribution < -0.4 is 10.1 Å². The van der Waals surface area contributed by atoms with Crippen LogP contribution in [-0.4, -0.2) is 33.0 Å². The number of aryl methyl sites for hydroxylation is 1. The fourth-order valence-electron chi connectivity index (χ4n) is 1.71. The maximum Gasteiger partial charge on any atom is 0.412 e. The molecule has 22 heavy (non-hydrogen) atoms. The number of ether oxygens (including phenoxy) is 2. The Hall–Kier alpha value is -1.47. The monoisotopic (exact) mass is 349 g/mol. The second-order valence-electron chi connectivity index (χ2n) is 5.65. The van der Waals surface area contributed by atoms with Crippen molar-refractivity contribution in [3.05, 3.63) is 23.8 Å². The standard InChI is InChI=1S/C14H20ClNO5S/c1-14(2,3)21-13(17)16-11-5-6-12(20-4)10(9-11)7-8-22(15,18)19/h5-6,9H,7-8H2,1-4H3,(H,16,17). The number of methoxy groups -OCH3 is 1. The van der Waals surface area contributed by atoms with Crippen LogP contribution in [0.2, 0.25) is 0 Å². The summed E-state index contributed by atoms with van der Waals surface area (Å²) in [5.74, 6) is 0.302. The Morgan fingerprint density at radius 2 is 1.95 bits per heavy atom. The van der Waals surface area contributed by atoms with Gasteiger partial charge in [0.15, 0.2) is 0 Å². The van der Waals surface area contributed by atoms with E-state index in [9.17, 15) is 13.2 Å². The smallest absolute Gasteiger partial charge is 0.412 e. The van der Waals surface area contributed by atoms with Crippen molar-refractivity contribution in [2.75, 3.05) is 18.2 Å². The Balaban J connectivity index is 2.87. The van der Waals surface area contributed by atoms with Gasteiger partial charge in [0, 0.05) is 16.4 Å². The van der Waals surface area contributed by atoms with Crippen molar-refractivity contribution in [1.29, 1.82) is 0 Å². The number of carbonyl (C=O) groups is 1. The van der Waals surface area contributed by atoms with E-state index >= 15 is 0 Å². The lowest BCUT2D eigenvalue weighted by atomic mass is 10.1. The lowest BCUT2D eigenvalue weighted by Gasteiger charge is -2.20. The minimum Gasteiger partial charge on any atom is -0.496 e. The van der Waals surface area contributed by atoms with Crippen molar-refractivity contribution >= 4 is 31.5 Å². The Kier molecular flexibility index (Phi) is 6.08. The number of carbonyl (C=O) groups excluding carboxylic acids is 1. The maximum absolute atomic E-state index is 11.7. The van der Waals surface area contributed by atoms with Crippen LogP contribution in [0.5, 0.6) is 5.75 Å². The first-order valence-electron chi connectivity index (χ1n) is 6.59. The van der Waals surface area contributed by atoms with E-state index in [0.717, 1.165) is 0 Å². The van der Waals surface area contributed by atoms with Gasteiger partial charge < -0.3 is 9.47 Å². The molecule has 1 aromatic rings. The Labute approximate surface area is 135 Å². The molecule has 0 heterocycles. The molecule has 0 saturated carbocycles. The first kappa shape index (κ1) is 18.6. The highest BCUT2D eigenvalue weighted by molar-refractivity contribution is 8.13. The number of halogens is 1. The summed E-state index contributed by atoms with van der Waals surface area (Å²) < 4.78 is 32.4. The molecule has 0 aliphatic carbocycles. The van der Waals surface area contributed by atoms with Gasteiger partial charge in [-0.1, -0.05) is 0 Å². The van der Waals surface area contributed by atoms with Gasteiger partial charge >= 0.3 is 6.09 Å². The first-order chi connectivity index (χ1) is 10.00. The van der Waals surface area contributed by atoms with Crippen molar-refractivity contribution < 1.29 is 22.7 Å². The second-order valence-corrected chi connectivity index (χ2v) is 8.54. The highest BCUT2D eigenvalue weighted by atomic mass is 35.7. The number of anilines is 1. The third-order valence-electron chi connectivity index (χ3n) is 2.54. The van der Waals surface area contributed by atoms with Crippen molar-refractivity contribution in [1.82, 2.24) is 0 Å². The van der Waals surface area contributed by atoms with Crippen molar-refractivity contribution in [3.8, 4) is 5.75 Å². The largest absolute Gasteiger partial charge is 0.496 e. The summed E-state index contributed by atoms with van der Waals surface area (Å²) >= 11 is 0. The normalized spacial score (nSPS) is 11.9. The molecular formula is C14H20ClNO5S. The van der Waals surface area contributed by atoms with Gasteiger partial charge in [0.05, 0.1) is 12.9 Å². The molecule has 0 radical (unpaired) electrons. The summed E-state index contributed by atoms with van der Waals surface area (Å²) in [5, 5.41) is 2.59. The molecular weight excluding hydrogens is 330 g/mol. The molecule has 0 aliphatic rings. The van der Waals surface area contributed by atoms with Gasteiger partial charge in [-0.05, 0) is 51.0 Å². The van der Waals surface area contributed by atoms with Gasteiger partial charge in [-0.3, -0.25) is 5.32 Å². The molecule has 1 N–H and O–H groups in total. The second kappa shape index (κ2) is 7.19. The third kappa shape index (κ3) is 7.00. The fourth-order valence-corrected chi connectivity index (χ4v) is 2.40. The maximum atomic E-state index is 11.7. The molecule has 0 atom stereocenters. The number of amides is 1. The van der Waals surface area contributed by atoms with Crippen LogP contribution in [-0.2, 0) is 20.2 Å². The predicted molar refractivity (Wildman–Crippen MR) is 86.2 cm³/mol. The molecule has 124 valence electrons. The van der Waals surface area contributed by atoms with E-state index in [4.69, 9.17) is 20.2 Å². The van der Waals surface area contributed by atoms with E-state index in [1.54, 1.807) is 39.0 Å². The average molecular weight is 350 g/mol. The van der Waals surface area contributed by atoms with Gasteiger partial charge in [0.25, 0.3) is 0 Å². The van der Waals surface area contributed by atoms with Crippen molar-refractivity contribution in [2.45, 2.75) is 32.8 Å². The molecule has 1 amide bonds. The summed E-state index contributed by atoms with van der Waals surface area (Å²) in [7, 11) is 3.10. The van der Waals surface area contributed by atoms with Gasteiger partial charge in [0.2, 0.25) is 9.05 Å². The minimum atomic E-state index is -3.60. The highest BCUT2D eigenvalue weighted by Gasteiger charge is 2.17. The van der Waals surface area contributed by atoms with E-state index in [2.05, 4.69) is 5.32 Å². The zero-order valence-corrected chi connectivity index (χ0v) is 14.5. The third-order valence-corrected chi connectivity index (χ3v) is 3.70. The van der Waals surface area contributed by atoms with Crippen LogP contribution >= 0.6 is 10.7 Å². The van der Waals surface area contributed by atoms with E-state index in [0.29, 0.717) is 17.0 Å². The minimum absolute atomic E-state index is 0.179. The Morgan fingerprint density at radius 1 is 1.32 bits per heavy atom.